The first kappa shape index (κ1) is 15.9. The van der Waals surface area contributed by atoms with Gasteiger partial charge in [0.25, 0.3) is 10.0 Å². The van der Waals surface area contributed by atoms with E-state index in [0.29, 0.717) is 35.7 Å². The third kappa shape index (κ3) is 2.28. The van der Waals surface area contributed by atoms with Gasteiger partial charge in [0, 0.05) is 11.9 Å². The van der Waals surface area contributed by atoms with Crippen LogP contribution in [0.25, 0.3) is 10.9 Å². The van der Waals surface area contributed by atoms with Crippen molar-refractivity contribution in [2.75, 3.05) is 18.0 Å². The highest BCUT2D eigenvalue weighted by atomic mass is 32.2. The SMILES string of the molecule is COc1cccc2cc3c(nc12)N(S(=O)(=O)c1c(C)noc1C)CC3. The van der Waals surface area contributed by atoms with E-state index in [9.17, 15) is 8.42 Å². The molecule has 0 amide bonds. The van der Waals surface area contributed by atoms with Crippen molar-refractivity contribution in [3.8, 4) is 5.75 Å². The summed E-state index contributed by atoms with van der Waals surface area (Å²) in [5.74, 6) is 1.34. The van der Waals surface area contributed by atoms with E-state index in [1.165, 1.54) is 4.31 Å². The number of hydrogen-bond acceptors (Lipinski definition) is 6. The molecule has 0 radical (unpaired) electrons. The number of pyridine rings is 1. The molecule has 0 unspecified atom stereocenters. The van der Waals surface area contributed by atoms with E-state index in [0.717, 1.165) is 10.9 Å². The van der Waals surface area contributed by atoms with Crippen LogP contribution in [0.2, 0.25) is 0 Å². The van der Waals surface area contributed by atoms with Gasteiger partial charge in [0.2, 0.25) is 0 Å². The fourth-order valence-corrected chi connectivity index (χ4v) is 5.03. The van der Waals surface area contributed by atoms with Gasteiger partial charge in [0.1, 0.15) is 22.8 Å². The van der Waals surface area contributed by atoms with E-state index in [4.69, 9.17) is 9.26 Å². The minimum atomic E-state index is -3.78. The second-order valence-corrected chi connectivity index (χ2v) is 7.78. The molecule has 0 saturated carbocycles. The summed E-state index contributed by atoms with van der Waals surface area (Å²) in [6, 6.07) is 7.62. The molecule has 0 N–H and O–H groups in total. The Bertz CT molecular complexity index is 1070. The molecule has 0 fully saturated rings. The van der Waals surface area contributed by atoms with Crippen LogP contribution >= 0.6 is 0 Å². The predicted molar refractivity (Wildman–Crippen MR) is 92.5 cm³/mol. The lowest BCUT2D eigenvalue weighted by molar-refractivity contribution is 0.390. The summed E-state index contributed by atoms with van der Waals surface area (Å²) in [5, 5.41) is 4.69. The van der Waals surface area contributed by atoms with Gasteiger partial charge < -0.3 is 9.26 Å². The number of aryl methyl sites for hydroxylation is 2. The number of ether oxygens (including phenoxy) is 1. The molecule has 0 atom stereocenters. The smallest absolute Gasteiger partial charge is 0.270 e. The van der Waals surface area contributed by atoms with Gasteiger partial charge in [-0.05, 0) is 38.0 Å². The fourth-order valence-electron chi connectivity index (χ4n) is 3.29. The van der Waals surface area contributed by atoms with Crippen molar-refractivity contribution in [3.05, 3.63) is 41.3 Å². The van der Waals surface area contributed by atoms with Gasteiger partial charge in [-0.1, -0.05) is 17.3 Å². The number of sulfonamides is 1. The van der Waals surface area contributed by atoms with Gasteiger partial charge in [0.15, 0.2) is 10.7 Å². The van der Waals surface area contributed by atoms with Crippen LogP contribution in [0.4, 0.5) is 5.82 Å². The van der Waals surface area contributed by atoms with Crippen LogP contribution in [0.15, 0.2) is 33.7 Å². The quantitative estimate of drug-likeness (QED) is 0.714. The highest BCUT2D eigenvalue weighted by Crippen LogP contribution is 2.36. The molecule has 25 heavy (non-hydrogen) atoms. The second kappa shape index (κ2) is 5.45. The van der Waals surface area contributed by atoms with Crippen LogP contribution in [-0.4, -0.2) is 32.2 Å². The molecule has 1 aliphatic heterocycles. The topological polar surface area (TPSA) is 85.5 Å². The standard InChI is InChI=1S/C17H17N3O4S/c1-10-16(11(2)24-19-10)25(21,22)20-8-7-13-9-12-5-4-6-14(23-3)15(12)18-17(13)20/h4-6,9H,7-8H2,1-3H3. The Morgan fingerprint density at radius 1 is 1.28 bits per heavy atom. The summed E-state index contributed by atoms with van der Waals surface area (Å²) in [6.07, 6.45) is 0.609. The Morgan fingerprint density at radius 3 is 2.76 bits per heavy atom. The van der Waals surface area contributed by atoms with Crippen molar-refractivity contribution in [2.24, 2.45) is 0 Å². The average Bonchev–Trinajstić information content (AvgIpc) is 3.15. The van der Waals surface area contributed by atoms with Gasteiger partial charge in [-0.2, -0.15) is 0 Å². The summed E-state index contributed by atoms with van der Waals surface area (Å²) in [5.41, 5.74) is 1.89. The monoisotopic (exact) mass is 359 g/mol. The summed E-state index contributed by atoms with van der Waals surface area (Å²) >= 11 is 0. The molecule has 1 aliphatic rings. The van der Waals surface area contributed by atoms with Gasteiger partial charge in [-0.15, -0.1) is 0 Å². The molecule has 0 bridgehead atoms. The number of methoxy groups -OCH3 is 1. The predicted octanol–water partition coefficient (Wildman–Crippen LogP) is 2.60. The van der Waals surface area contributed by atoms with E-state index in [2.05, 4.69) is 10.1 Å². The van der Waals surface area contributed by atoms with E-state index < -0.39 is 10.0 Å². The number of benzene rings is 1. The zero-order chi connectivity index (χ0) is 17.8. The van der Waals surface area contributed by atoms with Crippen LogP contribution in [0.5, 0.6) is 5.75 Å². The normalized spacial score (nSPS) is 14.1. The van der Waals surface area contributed by atoms with Crippen molar-refractivity contribution >= 4 is 26.7 Å². The number of para-hydroxylation sites is 1. The van der Waals surface area contributed by atoms with Crippen molar-refractivity contribution in [1.82, 2.24) is 10.1 Å². The van der Waals surface area contributed by atoms with Crippen molar-refractivity contribution in [2.45, 2.75) is 25.2 Å². The Labute approximate surface area is 145 Å². The van der Waals surface area contributed by atoms with Crippen LogP contribution in [0.3, 0.4) is 0 Å². The van der Waals surface area contributed by atoms with Crippen molar-refractivity contribution in [1.29, 1.82) is 0 Å². The molecule has 0 saturated heterocycles. The Kier molecular flexibility index (Phi) is 3.47. The maximum absolute atomic E-state index is 13.1. The highest BCUT2D eigenvalue weighted by Gasteiger charge is 2.36. The number of fused-ring (bicyclic) bond motifs is 2. The summed E-state index contributed by atoms with van der Waals surface area (Å²) < 4.78 is 38.0. The first-order valence-electron chi connectivity index (χ1n) is 7.85. The lowest BCUT2D eigenvalue weighted by Crippen LogP contribution is -2.30. The lowest BCUT2D eigenvalue weighted by atomic mass is 10.1. The summed E-state index contributed by atoms with van der Waals surface area (Å²) in [7, 11) is -2.21. The Balaban J connectivity index is 1.91. The van der Waals surface area contributed by atoms with Crippen molar-refractivity contribution < 1.29 is 17.7 Å². The maximum Gasteiger partial charge on any atom is 0.270 e. The number of aromatic nitrogens is 2. The van der Waals surface area contributed by atoms with E-state index >= 15 is 0 Å². The molecule has 2 aromatic heterocycles. The van der Waals surface area contributed by atoms with Crippen LogP contribution in [-0.2, 0) is 16.4 Å². The van der Waals surface area contributed by atoms with Gasteiger partial charge in [-0.3, -0.25) is 0 Å². The first-order chi connectivity index (χ1) is 11.9. The fraction of sp³-hybridized carbons (Fsp3) is 0.294. The Morgan fingerprint density at radius 2 is 2.08 bits per heavy atom. The average molecular weight is 359 g/mol. The van der Waals surface area contributed by atoms with Crippen LogP contribution in [0, 0.1) is 13.8 Å². The molecule has 3 heterocycles. The molecule has 130 valence electrons. The van der Waals surface area contributed by atoms with E-state index in [1.807, 2.05) is 24.3 Å². The molecule has 4 rings (SSSR count). The molecule has 3 aromatic rings. The minimum absolute atomic E-state index is 0.113. The van der Waals surface area contributed by atoms with E-state index in [1.54, 1.807) is 21.0 Å². The van der Waals surface area contributed by atoms with Gasteiger partial charge in [-0.25, -0.2) is 17.7 Å². The number of hydrogen-bond donors (Lipinski definition) is 0. The largest absolute Gasteiger partial charge is 0.494 e. The highest BCUT2D eigenvalue weighted by molar-refractivity contribution is 7.93. The van der Waals surface area contributed by atoms with Gasteiger partial charge >= 0.3 is 0 Å². The number of rotatable bonds is 3. The van der Waals surface area contributed by atoms with Crippen LogP contribution < -0.4 is 9.04 Å². The maximum atomic E-state index is 13.1. The van der Waals surface area contributed by atoms with E-state index in [-0.39, 0.29) is 10.7 Å². The first-order valence-corrected chi connectivity index (χ1v) is 9.29. The Hall–Kier alpha value is -2.61. The molecule has 1 aromatic carbocycles. The van der Waals surface area contributed by atoms with Crippen molar-refractivity contribution in [3.63, 3.8) is 0 Å². The summed E-state index contributed by atoms with van der Waals surface area (Å²) in [4.78, 5) is 4.73. The molecule has 8 heteroatoms. The van der Waals surface area contributed by atoms with Crippen LogP contribution in [0.1, 0.15) is 17.0 Å². The third-order valence-corrected chi connectivity index (χ3v) is 6.46. The molecular weight excluding hydrogens is 342 g/mol. The second-order valence-electron chi connectivity index (χ2n) is 5.98. The molecule has 7 nitrogen and oxygen atoms in total. The lowest BCUT2D eigenvalue weighted by Gasteiger charge is -2.18. The molecule has 0 spiro atoms. The minimum Gasteiger partial charge on any atom is -0.494 e. The van der Waals surface area contributed by atoms with Gasteiger partial charge in [0.05, 0.1) is 7.11 Å². The molecule has 0 aliphatic carbocycles. The summed E-state index contributed by atoms with van der Waals surface area (Å²) in [6.45, 7) is 3.56. The zero-order valence-electron chi connectivity index (χ0n) is 14.1. The molecular formula is C17H17N3O4S. The number of anilines is 1. The number of nitrogens with zero attached hydrogens (tertiary/aromatic N) is 3. The third-order valence-electron chi connectivity index (χ3n) is 4.42. The zero-order valence-corrected chi connectivity index (χ0v) is 14.9.